The molecule has 4 heteroatoms. The largest absolute Gasteiger partial charge is 0.378 e. The molecule has 19 heavy (non-hydrogen) atoms. The van der Waals surface area contributed by atoms with Crippen LogP contribution in [0.2, 0.25) is 0 Å². The fraction of sp³-hybridized carbons (Fsp3) is 0.400. The fourth-order valence-corrected chi connectivity index (χ4v) is 3.55. The molecule has 3 nitrogen and oxygen atoms in total. The first kappa shape index (κ1) is 12.6. The van der Waals surface area contributed by atoms with Crippen molar-refractivity contribution in [3.8, 4) is 10.6 Å². The Balaban J connectivity index is 1.94. The van der Waals surface area contributed by atoms with E-state index in [2.05, 4.69) is 55.5 Å². The molecular formula is C15H19N3S. The maximum Gasteiger partial charge on any atom is 0.123 e. The molecule has 1 aliphatic rings. The lowest BCUT2D eigenvalue weighted by atomic mass is 10.1. The highest BCUT2D eigenvalue weighted by Crippen LogP contribution is 2.34. The zero-order valence-electron chi connectivity index (χ0n) is 11.6. The lowest BCUT2D eigenvalue weighted by Gasteiger charge is -2.18. The summed E-state index contributed by atoms with van der Waals surface area (Å²) < 4.78 is 0. The van der Waals surface area contributed by atoms with Gasteiger partial charge in [-0.1, -0.05) is 0 Å². The van der Waals surface area contributed by atoms with Crippen molar-refractivity contribution in [3.05, 3.63) is 34.8 Å². The van der Waals surface area contributed by atoms with E-state index in [4.69, 9.17) is 4.98 Å². The van der Waals surface area contributed by atoms with Crippen molar-refractivity contribution in [3.63, 3.8) is 0 Å². The summed E-state index contributed by atoms with van der Waals surface area (Å²) in [6.45, 7) is 3.26. The number of hydrogen-bond acceptors (Lipinski definition) is 4. The van der Waals surface area contributed by atoms with Crippen LogP contribution in [0.3, 0.4) is 0 Å². The Bertz CT molecular complexity index is 572. The van der Waals surface area contributed by atoms with Crippen LogP contribution in [0.1, 0.15) is 23.5 Å². The smallest absolute Gasteiger partial charge is 0.123 e. The molecular weight excluding hydrogens is 254 g/mol. The average molecular weight is 273 g/mol. The van der Waals surface area contributed by atoms with Crippen molar-refractivity contribution in [2.45, 2.75) is 19.4 Å². The van der Waals surface area contributed by atoms with Gasteiger partial charge in [-0.3, -0.25) is 0 Å². The van der Waals surface area contributed by atoms with Gasteiger partial charge in [0.15, 0.2) is 0 Å². The lowest BCUT2D eigenvalue weighted by molar-refractivity contribution is 0.545. The number of nitrogens with zero attached hydrogens (tertiary/aromatic N) is 2. The molecule has 1 aromatic heterocycles. The summed E-state index contributed by atoms with van der Waals surface area (Å²) in [6.07, 6.45) is 1.05. The van der Waals surface area contributed by atoms with E-state index in [0.29, 0.717) is 6.04 Å². The second kappa shape index (κ2) is 4.94. The molecule has 1 aliphatic heterocycles. The SMILES string of the molecule is CC1NCCc2nc(-c3ccc(N(C)C)cc3)sc21. The zero-order valence-corrected chi connectivity index (χ0v) is 12.4. The van der Waals surface area contributed by atoms with Gasteiger partial charge in [-0.25, -0.2) is 4.98 Å². The van der Waals surface area contributed by atoms with Gasteiger partial charge in [0.2, 0.25) is 0 Å². The van der Waals surface area contributed by atoms with Crippen LogP contribution in [0.4, 0.5) is 5.69 Å². The molecule has 2 heterocycles. The second-order valence-electron chi connectivity index (χ2n) is 5.20. The van der Waals surface area contributed by atoms with E-state index in [9.17, 15) is 0 Å². The summed E-state index contributed by atoms with van der Waals surface area (Å²) in [7, 11) is 4.12. The van der Waals surface area contributed by atoms with Gasteiger partial charge in [0.05, 0.1) is 5.69 Å². The Labute approximate surface area is 118 Å². The highest BCUT2D eigenvalue weighted by atomic mass is 32.1. The summed E-state index contributed by atoms with van der Waals surface area (Å²) in [5.74, 6) is 0. The predicted octanol–water partition coefficient (Wildman–Crippen LogP) is 3.08. The maximum absolute atomic E-state index is 4.81. The molecule has 1 N–H and O–H groups in total. The van der Waals surface area contributed by atoms with Gasteiger partial charge >= 0.3 is 0 Å². The van der Waals surface area contributed by atoms with Gasteiger partial charge in [0, 0.05) is 49.2 Å². The predicted molar refractivity (Wildman–Crippen MR) is 82.0 cm³/mol. The van der Waals surface area contributed by atoms with Crippen molar-refractivity contribution >= 4 is 17.0 Å². The summed E-state index contributed by atoms with van der Waals surface area (Å²) in [5.41, 5.74) is 3.72. The minimum absolute atomic E-state index is 0.441. The van der Waals surface area contributed by atoms with E-state index in [1.54, 1.807) is 0 Å². The van der Waals surface area contributed by atoms with E-state index in [0.717, 1.165) is 18.0 Å². The lowest BCUT2D eigenvalue weighted by Crippen LogP contribution is -2.26. The van der Waals surface area contributed by atoms with E-state index in [-0.39, 0.29) is 0 Å². The molecule has 2 aromatic rings. The fourth-order valence-electron chi connectivity index (χ4n) is 2.41. The molecule has 0 radical (unpaired) electrons. The van der Waals surface area contributed by atoms with Gasteiger partial charge in [0.1, 0.15) is 5.01 Å². The van der Waals surface area contributed by atoms with E-state index in [1.807, 2.05) is 11.3 Å². The Morgan fingerprint density at radius 1 is 1.26 bits per heavy atom. The summed E-state index contributed by atoms with van der Waals surface area (Å²) in [6, 6.07) is 9.07. The van der Waals surface area contributed by atoms with Crippen molar-refractivity contribution < 1.29 is 0 Å². The van der Waals surface area contributed by atoms with Crippen molar-refractivity contribution in [2.24, 2.45) is 0 Å². The van der Waals surface area contributed by atoms with E-state index < -0.39 is 0 Å². The molecule has 0 fully saturated rings. The molecule has 0 saturated heterocycles. The van der Waals surface area contributed by atoms with Crippen molar-refractivity contribution in [1.82, 2.24) is 10.3 Å². The average Bonchev–Trinajstić information content (AvgIpc) is 2.84. The summed E-state index contributed by atoms with van der Waals surface area (Å²) >= 11 is 1.82. The zero-order chi connectivity index (χ0) is 13.4. The van der Waals surface area contributed by atoms with Crippen LogP contribution in [-0.2, 0) is 6.42 Å². The van der Waals surface area contributed by atoms with Gasteiger partial charge in [0.25, 0.3) is 0 Å². The first-order chi connectivity index (χ1) is 9.15. The Morgan fingerprint density at radius 3 is 2.63 bits per heavy atom. The number of thiazole rings is 1. The molecule has 0 saturated carbocycles. The standard InChI is InChI=1S/C15H19N3S/c1-10-14-13(8-9-16-10)17-15(19-14)11-4-6-12(7-5-11)18(2)3/h4-7,10,16H,8-9H2,1-3H3. The summed E-state index contributed by atoms with van der Waals surface area (Å²) in [5, 5.41) is 4.64. The second-order valence-corrected chi connectivity index (χ2v) is 6.23. The van der Waals surface area contributed by atoms with Crippen LogP contribution >= 0.6 is 11.3 Å². The van der Waals surface area contributed by atoms with Gasteiger partial charge in [-0.15, -0.1) is 11.3 Å². The molecule has 0 spiro atoms. The first-order valence-electron chi connectivity index (χ1n) is 6.66. The van der Waals surface area contributed by atoms with Crippen LogP contribution in [0, 0.1) is 0 Å². The molecule has 0 amide bonds. The van der Waals surface area contributed by atoms with E-state index in [1.165, 1.54) is 21.8 Å². The number of benzene rings is 1. The van der Waals surface area contributed by atoms with Crippen LogP contribution in [0.25, 0.3) is 10.6 Å². The minimum atomic E-state index is 0.441. The molecule has 1 atom stereocenters. The normalized spacial score (nSPS) is 18.2. The maximum atomic E-state index is 4.81. The third-order valence-electron chi connectivity index (χ3n) is 3.56. The topological polar surface area (TPSA) is 28.2 Å². The quantitative estimate of drug-likeness (QED) is 0.911. The molecule has 1 unspecified atom stereocenters. The molecule has 0 aliphatic carbocycles. The molecule has 3 rings (SSSR count). The summed E-state index contributed by atoms with van der Waals surface area (Å²) in [4.78, 5) is 8.33. The highest BCUT2D eigenvalue weighted by molar-refractivity contribution is 7.15. The van der Waals surface area contributed by atoms with Crippen LogP contribution in [0.5, 0.6) is 0 Å². The Hall–Kier alpha value is -1.39. The van der Waals surface area contributed by atoms with Crippen LogP contribution in [-0.4, -0.2) is 25.6 Å². The monoisotopic (exact) mass is 273 g/mol. The number of hydrogen-bond donors (Lipinski definition) is 1. The van der Waals surface area contributed by atoms with Gasteiger partial charge in [-0.05, 0) is 31.2 Å². The van der Waals surface area contributed by atoms with Crippen LogP contribution in [0.15, 0.2) is 24.3 Å². The molecule has 100 valence electrons. The van der Waals surface area contributed by atoms with Crippen molar-refractivity contribution in [2.75, 3.05) is 25.5 Å². The minimum Gasteiger partial charge on any atom is -0.378 e. The van der Waals surface area contributed by atoms with E-state index >= 15 is 0 Å². The number of rotatable bonds is 2. The number of anilines is 1. The number of nitrogens with one attached hydrogen (secondary N) is 1. The van der Waals surface area contributed by atoms with Gasteiger partial charge in [-0.2, -0.15) is 0 Å². The van der Waals surface area contributed by atoms with Crippen molar-refractivity contribution in [1.29, 1.82) is 0 Å². The Morgan fingerprint density at radius 2 is 2.00 bits per heavy atom. The third-order valence-corrected chi connectivity index (χ3v) is 4.89. The molecule has 0 bridgehead atoms. The first-order valence-corrected chi connectivity index (χ1v) is 7.47. The number of fused-ring (bicyclic) bond motifs is 1. The van der Waals surface area contributed by atoms with Crippen LogP contribution < -0.4 is 10.2 Å². The number of aromatic nitrogens is 1. The Kier molecular flexibility index (Phi) is 3.29. The molecule has 1 aromatic carbocycles. The van der Waals surface area contributed by atoms with Gasteiger partial charge < -0.3 is 10.2 Å². The highest BCUT2D eigenvalue weighted by Gasteiger charge is 2.21. The third kappa shape index (κ3) is 2.38.